The highest BCUT2D eigenvalue weighted by molar-refractivity contribution is 5.69. The van der Waals surface area contributed by atoms with Crippen molar-refractivity contribution >= 4 is 11.9 Å². The molecule has 44 heavy (non-hydrogen) atoms. The Bertz CT molecular complexity index is 757. The number of hydrogen-bond acceptors (Lipinski definition) is 5. The molecule has 0 aromatic carbocycles. The maximum Gasteiger partial charge on any atom is 0.306 e. The van der Waals surface area contributed by atoms with Crippen LogP contribution in [-0.4, -0.2) is 37.7 Å². The largest absolute Gasteiger partial charge is 0.466 e. The van der Waals surface area contributed by atoms with E-state index >= 15 is 0 Å². The zero-order valence-corrected chi connectivity index (χ0v) is 30.0. The van der Waals surface area contributed by atoms with Gasteiger partial charge in [-0.15, -0.1) is 0 Å². The van der Waals surface area contributed by atoms with Crippen molar-refractivity contribution in [3.63, 3.8) is 0 Å². The smallest absolute Gasteiger partial charge is 0.306 e. The minimum Gasteiger partial charge on any atom is -0.466 e. The van der Waals surface area contributed by atoms with Gasteiger partial charge in [0.2, 0.25) is 0 Å². The van der Waals surface area contributed by atoms with Crippen LogP contribution in [0, 0.1) is 22.7 Å². The average Bonchev–Trinajstić information content (AvgIpc) is 3.32. The van der Waals surface area contributed by atoms with Gasteiger partial charge in [-0.2, -0.15) is 0 Å². The Morgan fingerprint density at radius 2 is 1.25 bits per heavy atom. The molecule has 3 atom stereocenters. The summed E-state index contributed by atoms with van der Waals surface area (Å²) in [7, 11) is 0. The van der Waals surface area contributed by atoms with Crippen molar-refractivity contribution in [1.82, 2.24) is 5.32 Å². The van der Waals surface area contributed by atoms with Crippen molar-refractivity contribution < 1.29 is 19.1 Å². The number of rotatable bonds is 28. The van der Waals surface area contributed by atoms with Crippen molar-refractivity contribution in [2.24, 2.45) is 22.7 Å². The zero-order valence-electron chi connectivity index (χ0n) is 30.0. The maximum absolute atomic E-state index is 12.5. The Morgan fingerprint density at radius 1 is 0.705 bits per heavy atom. The molecule has 0 aliphatic heterocycles. The third-order valence-corrected chi connectivity index (χ3v) is 11.7. The van der Waals surface area contributed by atoms with Crippen molar-refractivity contribution in [2.45, 2.75) is 195 Å². The Kier molecular flexibility index (Phi) is 19.9. The summed E-state index contributed by atoms with van der Waals surface area (Å²) in [6, 6.07) is 0. The number of ether oxygens (including phenoxy) is 2. The van der Waals surface area contributed by atoms with E-state index in [9.17, 15) is 9.59 Å². The van der Waals surface area contributed by atoms with Gasteiger partial charge < -0.3 is 14.8 Å². The summed E-state index contributed by atoms with van der Waals surface area (Å²) in [4.78, 5) is 24.6. The molecule has 258 valence electrons. The van der Waals surface area contributed by atoms with Gasteiger partial charge in [0, 0.05) is 18.3 Å². The topological polar surface area (TPSA) is 64.6 Å². The Labute approximate surface area is 273 Å². The highest BCUT2D eigenvalue weighted by Crippen LogP contribution is 2.66. The lowest BCUT2D eigenvalue weighted by Crippen LogP contribution is -2.38. The van der Waals surface area contributed by atoms with Gasteiger partial charge in [0.1, 0.15) is 6.10 Å². The second kappa shape index (κ2) is 22.4. The number of nitrogens with one attached hydrogen (secondary N) is 1. The molecule has 0 amide bonds. The highest BCUT2D eigenvalue weighted by Gasteiger charge is 2.62. The third kappa shape index (κ3) is 14.1. The molecular weight excluding hydrogens is 546 g/mol. The van der Waals surface area contributed by atoms with E-state index < -0.39 is 0 Å². The highest BCUT2D eigenvalue weighted by atomic mass is 16.5. The first-order chi connectivity index (χ1) is 21.2. The van der Waals surface area contributed by atoms with E-state index in [0.717, 1.165) is 57.5 Å². The van der Waals surface area contributed by atoms with Crippen LogP contribution in [0.4, 0.5) is 0 Å². The van der Waals surface area contributed by atoms with Crippen LogP contribution in [-0.2, 0) is 19.1 Å². The summed E-state index contributed by atoms with van der Waals surface area (Å²) in [5.74, 6) is 1.47. The van der Waals surface area contributed by atoms with Crippen LogP contribution in [0.1, 0.15) is 189 Å². The standard InChI is InChI=1S/C39H73NO4/c1-6-8-16-22-33(23-17-9-7-2)27-31-43-36(41)24-18-12-10-14-20-29-40-30-21-15-11-13-19-25-37(42)44-35-32-34-26-28-39(35,5)38(34,3)4/h33-35,40H,6-32H2,1-5H3/t34-,35+,39+/m0/s1. The fourth-order valence-electron chi connectivity index (χ4n) is 7.96. The first kappa shape index (κ1) is 39.1. The van der Waals surface area contributed by atoms with Gasteiger partial charge in [-0.05, 0) is 81.7 Å². The molecule has 0 aromatic heterocycles. The predicted molar refractivity (Wildman–Crippen MR) is 185 cm³/mol. The average molecular weight is 620 g/mol. The maximum atomic E-state index is 12.5. The molecule has 5 heteroatoms. The minimum absolute atomic E-state index is 0.00158. The molecule has 0 aromatic rings. The number of fused-ring (bicyclic) bond motifs is 2. The van der Waals surface area contributed by atoms with Crippen LogP contribution in [0.3, 0.4) is 0 Å². The van der Waals surface area contributed by atoms with E-state index in [1.165, 1.54) is 103 Å². The van der Waals surface area contributed by atoms with Gasteiger partial charge in [-0.25, -0.2) is 0 Å². The van der Waals surface area contributed by atoms with Gasteiger partial charge in [0.15, 0.2) is 0 Å². The quantitative estimate of drug-likeness (QED) is 0.0697. The van der Waals surface area contributed by atoms with Gasteiger partial charge >= 0.3 is 11.9 Å². The summed E-state index contributed by atoms with van der Waals surface area (Å²) in [5, 5.41) is 3.58. The molecule has 2 aliphatic rings. The fraction of sp³-hybridized carbons (Fsp3) is 0.949. The number of hydrogen-bond donors (Lipinski definition) is 1. The van der Waals surface area contributed by atoms with Crippen molar-refractivity contribution in [3.8, 4) is 0 Å². The zero-order chi connectivity index (χ0) is 32.1. The lowest BCUT2D eigenvalue weighted by molar-refractivity contribution is -0.157. The molecule has 0 heterocycles. The van der Waals surface area contributed by atoms with E-state index in [4.69, 9.17) is 9.47 Å². The molecule has 0 spiro atoms. The molecule has 2 saturated carbocycles. The van der Waals surface area contributed by atoms with E-state index in [1.807, 2.05) is 0 Å². The van der Waals surface area contributed by atoms with Crippen LogP contribution in [0.2, 0.25) is 0 Å². The van der Waals surface area contributed by atoms with E-state index in [1.54, 1.807) is 0 Å². The number of carbonyl (C=O) groups is 2. The molecule has 0 unspecified atom stereocenters. The van der Waals surface area contributed by atoms with Crippen molar-refractivity contribution in [1.29, 1.82) is 0 Å². The first-order valence-electron chi connectivity index (χ1n) is 19.3. The fourth-order valence-corrected chi connectivity index (χ4v) is 7.96. The lowest BCUT2D eigenvalue weighted by atomic mass is 9.70. The molecule has 2 rings (SSSR count). The van der Waals surface area contributed by atoms with E-state index in [0.29, 0.717) is 30.8 Å². The molecule has 2 bridgehead atoms. The van der Waals surface area contributed by atoms with Gasteiger partial charge in [0.05, 0.1) is 6.61 Å². The molecular formula is C39H73NO4. The Morgan fingerprint density at radius 3 is 1.77 bits per heavy atom. The van der Waals surface area contributed by atoms with E-state index in [-0.39, 0.29) is 23.5 Å². The van der Waals surface area contributed by atoms with Gasteiger partial charge in [-0.3, -0.25) is 9.59 Å². The van der Waals surface area contributed by atoms with Gasteiger partial charge in [-0.1, -0.05) is 125 Å². The summed E-state index contributed by atoms with van der Waals surface area (Å²) < 4.78 is 11.6. The molecule has 1 N–H and O–H groups in total. The summed E-state index contributed by atoms with van der Waals surface area (Å²) >= 11 is 0. The monoisotopic (exact) mass is 620 g/mol. The van der Waals surface area contributed by atoms with Crippen LogP contribution >= 0.6 is 0 Å². The summed E-state index contributed by atoms with van der Waals surface area (Å²) in [5.41, 5.74) is 0.467. The Hall–Kier alpha value is -1.10. The molecule has 0 radical (unpaired) electrons. The van der Waals surface area contributed by atoms with Gasteiger partial charge in [0.25, 0.3) is 0 Å². The van der Waals surface area contributed by atoms with Crippen LogP contribution in [0.25, 0.3) is 0 Å². The number of esters is 2. The molecule has 5 nitrogen and oxygen atoms in total. The van der Waals surface area contributed by atoms with Crippen LogP contribution < -0.4 is 5.32 Å². The molecule has 2 aliphatic carbocycles. The Balaban J connectivity index is 1.32. The van der Waals surface area contributed by atoms with Crippen molar-refractivity contribution in [3.05, 3.63) is 0 Å². The predicted octanol–water partition coefficient (Wildman–Crippen LogP) is 10.7. The lowest BCUT2D eigenvalue weighted by Gasteiger charge is -2.38. The van der Waals surface area contributed by atoms with Crippen LogP contribution in [0.15, 0.2) is 0 Å². The van der Waals surface area contributed by atoms with Crippen LogP contribution in [0.5, 0.6) is 0 Å². The molecule has 0 saturated heterocycles. The SMILES string of the molecule is CCCCCC(CCCCC)CCOC(=O)CCCCCCCNCCCCCCCC(=O)O[C@@H]1C[C@@H]2CC[C@@]1(C)C2(C)C. The molecule has 2 fully saturated rings. The summed E-state index contributed by atoms with van der Waals surface area (Å²) in [6.45, 7) is 14.4. The normalized spacial score (nSPS) is 22.1. The first-order valence-corrected chi connectivity index (χ1v) is 19.3. The van der Waals surface area contributed by atoms with Crippen molar-refractivity contribution in [2.75, 3.05) is 19.7 Å². The third-order valence-electron chi connectivity index (χ3n) is 11.7. The minimum atomic E-state index is 0.00158. The number of carbonyl (C=O) groups excluding carboxylic acids is 2. The second-order valence-corrected chi connectivity index (χ2v) is 15.2. The summed E-state index contributed by atoms with van der Waals surface area (Å²) in [6.07, 6.45) is 27.7. The number of unbranched alkanes of at least 4 members (excludes halogenated alkanes) is 12. The van der Waals surface area contributed by atoms with E-state index in [2.05, 4.69) is 39.9 Å². The second-order valence-electron chi connectivity index (χ2n) is 15.2.